The molecule has 8 heteroatoms. The topological polar surface area (TPSA) is 85.4 Å². The van der Waals surface area contributed by atoms with E-state index in [0.717, 1.165) is 90.5 Å². The van der Waals surface area contributed by atoms with E-state index in [1.165, 1.54) is 65.6 Å². The van der Waals surface area contributed by atoms with Crippen LogP contribution in [0, 0.1) is 0 Å². The molecule has 254 valence electrons. The highest BCUT2D eigenvalue weighted by molar-refractivity contribution is 5.72. The normalized spacial score (nSPS) is 11.7. The van der Waals surface area contributed by atoms with Crippen LogP contribution < -0.4 is 0 Å². The molecule has 0 amide bonds. The second kappa shape index (κ2) is 27.8. The van der Waals surface area contributed by atoms with Gasteiger partial charge in [-0.1, -0.05) is 84.0 Å². The van der Waals surface area contributed by atoms with Crippen LogP contribution in [-0.4, -0.2) is 86.8 Å². The van der Waals surface area contributed by atoms with Gasteiger partial charge in [-0.3, -0.25) is 19.3 Å². The van der Waals surface area contributed by atoms with Crippen molar-refractivity contribution in [1.29, 1.82) is 0 Å². The Labute approximate surface area is 264 Å². The number of unbranched alkanes of at least 4 members (excludes halogenated alkanes) is 14. The number of hydrogen-bond acceptors (Lipinski definition) is 8. The highest BCUT2D eigenvalue weighted by Gasteiger charge is 2.19. The maximum atomic E-state index is 12.7. The number of nitrogens with zero attached hydrogens (tertiary/aromatic N) is 2. The summed E-state index contributed by atoms with van der Waals surface area (Å²) in [7, 11) is 2.89. The lowest BCUT2D eigenvalue weighted by atomic mass is 10.1. The lowest BCUT2D eigenvalue weighted by molar-refractivity contribution is -0.156. The predicted octanol–water partition coefficient (Wildman–Crippen LogP) is 7.71. The summed E-state index contributed by atoms with van der Waals surface area (Å²) in [5.74, 6) is -0.408. The minimum Gasteiger partial charge on any atom is -0.469 e. The predicted molar refractivity (Wildman–Crippen MR) is 176 cm³/mol. The van der Waals surface area contributed by atoms with Crippen molar-refractivity contribution in [2.24, 2.45) is 0 Å². The monoisotopic (exact) mass is 613 g/mol. The van der Waals surface area contributed by atoms with Gasteiger partial charge in [-0.15, -0.1) is 0 Å². The zero-order valence-corrected chi connectivity index (χ0v) is 29.0. The van der Waals surface area contributed by atoms with Gasteiger partial charge in [0.2, 0.25) is 0 Å². The Kier molecular flexibility index (Phi) is 26.8. The number of carbonyl (C=O) groups is 3. The van der Waals surface area contributed by atoms with E-state index < -0.39 is 5.60 Å². The Hall–Kier alpha value is -1.67. The van der Waals surface area contributed by atoms with E-state index in [4.69, 9.17) is 14.2 Å². The third-order valence-corrected chi connectivity index (χ3v) is 7.75. The van der Waals surface area contributed by atoms with Crippen LogP contribution in [0.2, 0.25) is 0 Å². The molecular formula is C35H68N2O6. The Morgan fingerprint density at radius 3 is 1.28 bits per heavy atom. The summed E-state index contributed by atoms with van der Waals surface area (Å²) in [6, 6.07) is 0. The fourth-order valence-electron chi connectivity index (χ4n) is 5.21. The van der Waals surface area contributed by atoms with E-state index in [2.05, 4.69) is 16.7 Å². The second-order valence-corrected chi connectivity index (χ2v) is 13.0. The van der Waals surface area contributed by atoms with Crippen molar-refractivity contribution in [3.8, 4) is 0 Å². The number of methoxy groups -OCH3 is 2. The minimum absolute atomic E-state index is 0.115. The maximum absolute atomic E-state index is 12.7. The van der Waals surface area contributed by atoms with Gasteiger partial charge in [0.05, 0.1) is 20.8 Å². The smallest absolute Gasteiger partial charge is 0.320 e. The van der Waals surface area contributed by atoms with Gasteiger partial charge >= 0.3 is 17.9 Å². The van der Waals surface area contributed by atoms with Gasteiger partial charge in [0.15, 0.2) is 0 Å². The largest absolute Gasteiger partial charge is 0.469 e. The molecule has 0 spiro atoms. The van der Waals surface area contributed by atoms with Gasteiger partial charge < -0.3 is 19.1 Å². The van der Waals surface area contributed by atoms with E-state index in [1.54, 1.807) is 0 Å². The van der Waals surface area contributed by atoms with Crippen molar-refractivity contribution in [2.45, 2.75) is 155 Å². The molecule has 0 N–H and O–H groups in total. The zero-order chi connectivity index (χ0) is 32.2. The van der Waals surface area contributed by atoms with Crippen molar-refractivity contribution in [1.82, 2.24) is 9.80 Å². The molecule has 8 nitrogen and oxygen atoms in total. The fraction of sp³-hybridized carbons (Fsp3) is 0.914. The number of hydrogen-bond donors (Lipinski definition) is 0. The summed E-state index contributed by atoms with van der Waals surface area (Å²) in [4.78, 5) is 40.2. The first-order valence-electron chi connectivity index (χ1n) is 17.4. The fourth-order valence-corrected chi connectivity index (χ4v) is 5.21. The molecule has 0 radical (unpaired) electrons. The summed E-state index contributed by atoms with van der Waals surface area (Å²) in [6.45, 7) is 13.2. The van der Waals surface area contributed by atoms with Crippen molar-refractivity contribution in [3.05, 3.63) is 0 Å². The Morgan fingerprint density at radius 2 is 0.860 bits per heavy atom. The third kappa shape index (κ3) is 28.8. The summed E-state index contributed by atoms with van der Waals surface area (Å²) in [5, 5.41) is 0. The van der Waals surface area contributed by atoms with Crippen LogP contribution in [0.25, 0.3) is 0 Å². The first-order chi connectivity index (χ1) is 20.6. The van der Waals surface area contributed by atoms with Crippen LogP contribution in [0.1, 0.15) is 150 Å². The molecule has 0 atom stereocenters. The Balaban J connectivity index is 4.82. The van der Waals surface area contributed by atoms with Crippen LogP contribution in [-0.2, 0) is 28.6 Å². The average molecular weight is 613 g/mol. The molecule has 0 aliphatic rings. The molecule has 0 aromatic heterocycles. The number of esters is 3. The summed E-state index contributed by atoms with van der Waals surface area (Å²) >= 11 is 0. The molecule has 0 aliphatic carbocycles. The van der Waals surface area contributed by atoms with Gasteiger partial charge in [0.1, 0.15) is 5.60 Å². The Bertz CT molecular complexity index is 694. The molecule has 43 heavy (non-hydrogen) atoms. The van der Waals surface area contributed by atoms with E-state index >= 15 is 0 Å². The molecule has 0 aromatic rings. The van der Waals surface area contributed by atoms with Gasteiger partial charge in [-0.05, 0) is 72.5 Å². The molecule has 0 bridgehead atoms. The molecule has 0 aromatic carbocycles. The molecule has 0 aliphatic heterocycles. The van der Waals surface area contributed by atoms with Crippen LogP contribution in [0.15, 0.2) is 0 Å². The van der Waals surface area contributed by atoms with E-state index in [1.807, 2.05) is 20.8 Å². The quantitative estimate of drug-likeness (QED) is 0.0482. The number of rotatable bonds is 29. The lowest BCUT2D eigenvalue weighted by Crippen LogP contribution is -2.40. The second-order valence-electron chi connectivity index (χ2n) is 13.0. The summed E-state index contributed by atoms with van der Waals surface area (Å²) in [5.41, 5.74) is -0.484. The van der Waals surface area contributed by atoms with Crippen molar-refractivity contribution >= 4 is 17.9 Å². The van der Waals surface area contributed by atoms with Gasteiger partial charge in [-0.25, -0.2) is 0 Å². The molecule has 0 heterocycles. The van der Waals surface area contributed by atoms with Crippen LogP contribution >= 0.6 is 0 Å². The standard InChI is InChI=1S/C35H68N2O6/c1-7-8-9-10-11-16-21-26-36(27-22-17-12-14-19-24-32(38)41-5)29-30-37(31-34(40)43-35(2,3)4)28-23-18-13-15-20-25-33(39)42-6/h7-31H2,1-6H3. The van der Waals surface area contributed by atoms with Gasteiger partial charge in [-0.2, -0.15) is 0 Å². The van der Waals surface area contributed by atoms with Gasteiger partial charge in [0.25, 0.3) is 0 Å². The highest BCUT2D eigenvalue weighted by Crippen LogP contribution is 2.12. The summed E-state index contributed by atoms with van der Waals surface area (Å²) in [6.07, 6.45) is 20.7. The highest BCUT2D eigenvalue weighted by atomic mass is 16.6. The molecule has 0 saturated carbocycles. The zero-order valence-electron chi connectivity index (χ0n) is 29.0. The summed E-state index contributed by atoms with van der Waals surface area (Å²) < 4.78 is 15.1. The molecular weight excluding hydrogens is 544 g/mol. The molecule has 0 unspecified atom stereocenters. The van der Waals surface area contributed by atoms with Crippen LogP contribution in [0.3, 0.4) is 0 Å². The Morgan fingerprint density at radius 1 is 0.488 bits per heavy atom. The molecule has 0 saturated heterocycles. The molecule has 0 rings (SSSR count). The van der Waals surface area contributed by atoms with Crippen molar-refractivity contribution < 1.29 is 28.6 Å². The SMILES string of the molecule is CCCCCCCCCN(CCCCCCCC(=O)OC)CCN(CCCCCCCC(=O)OC)CC(=O)OC(C)(C)C. The third-order valence-electron chi connectivity index (χ3n) is 7.75. The van der Waals surface area contributed by atoms with E-state index in [-0.39, 0.29) is 17.9 Å². The number of carbonyl (C=O) groups excluding carboxylic acids is 3. The first kappa shape index (κ1) is 41.3. The van der Waals surface area contributed by atoms with E-state index in [9.17, 15) is 14.4 Å². The average Bonchev–Trinajstić information content (AvgIpc) is 2.96. The van der Waals surface area contributed by atoms with Gasteiger partial charge in [0, 0.05) is 25.9 Å². The van der Waals surface area contributed by atoms with Crippen molar-refractivity contribution in [3.63, 3.8) is 0 Å². The van der Waals surface area contributed by atoms with Crippen LogP contribution in [0.5, 0.6) is 0 Å². The molecule has 0 fully saturated rings. The maximum Gasteiger partial charge on any atom is 0.320 e. The van der Waals surface area contributed by atoms with Crippen molar-refractivity contribution in [2.75, 3.05) is 53.5 Å². The van der Waals surface area contributed by atoms with Crippen LogP contribution in [0.4, 0.5) is 0 Å². The van der Waals surface area contributed by atoms with E-state index in [0.29, 0.717) is 19.4 Å². The minimum atomic E-state index is -0.484. The lowest BCUT2D eigenvalue weighted by Gasteiger charge is -2.28. The first-order valence-corrected chi connectivity index (χ1v) is 17.4. The number of ether oxygens (including phenoxy) is 3.